The molecule has 6 nitrogen and oxygen atoms in total. The van der Waals surface area contributed by atoms with E-state index in [1.807, 2.05) is 0 Å². The summed E-state index contributed by atoms with van der Waals surface area (Å²) in [5.41, 5.74) is 0.396. The molecule has 1 aliphatic rings. The predicted molar refractivity (Wildman–Crippen MR) is 92.7 cm³/mol. The van der Waals surface area contributed by atoms with Crippen LogP contribution < -0.4 is 14.4 Å². The average Bonchev–Trinajstić information content (AvgIpc) is 2.63. The molecule has 138 valence electrons. The highest BCUT2D eigenvalue weighted by Crippen LogP contribution is 2.35. The van der Waals surface area contributed by atoms with Crippen LogP contribution in [0.5, 0.6) is 5.75 Å². The van der Waals surface area contributed by atoms with Crippen LogP contribution in [-0.4, -0.2) is 32.7 Å². The number of hydrogen-bond donors (Lipinski definition) is 1. The number of fused-ring (bicyclic) bond motifs is 1. The second-order valence-corrected chi connectivity index (χ2v) is 7.81. The van der Waals surface area contributed by atoms with Crippen molar-refractivity contribution < 1.29 is 26.7 Å². The van der Waals surface area contributed by atoms with Crippen molar-refractivity contribution in [1.29, 1.82) is 0 Å². The SMILES string of the molecule is CCS(=O)(=O)N1C[C@H](C(=O)Nc2ccc(F)c(F)c2)Oc2ccccc21. The topological polar surface area (TPSA) is 75.7 Å². The van der Waals surface area contributed by atoms with Gasteiger partial charge in [0, 0.05) is 11.8 Å². The van der Waals surface area contributed by atoms with E-state index in [0.29, 0.717) is 5.69 Å². The maximum Gasteiger partial charge on any atom is 0.267 e. The van der Waals surface area contributed by atoms with Crippen LogP contribution in [-0.2, 0) is 14.8 Å². The van der Waals surface area contributed by atoms with Gasteiger partial charge in [-0.25, -0.2) is 17.2 Å². The van der Waals surface area contributed by atoms with Crippen LogP contribution in [0.3, 0.4) is 0 Å². The van der Waals surface area contributed by atoms with E-state index in [0.717, 1.165) is 16.4 Å². The lowest BCUT2D eigenvalue weighted by Crippen LogP contribution is -2.49. The molecule has 1 N–H and O–H groups in total. The van der Waals surface area contributed by atoms with E-state index >= 15 is 0 Å². The molecule has 1 atom stereocenters. The highest BCUT2D eigenvalue weighted by molar-refractivity contribution is 7.92. The number of anilines is 2. The van der Waals surface area contributed by atoms with Gasteiger partial charge in [-0.2, -0.15) is 0 Å². The molecular weight excluding hydrogens is 366 g/mol. The van der Waals surface area contributed by atoms with Crippen LogP contribution in [0.1, 0.15) is 6.92 Å². The van der Waals surface area contributed by atoms with Gasteiger partial charge in [0.2, 0.25) is 10.0 Å². The first-order valence-electron chi connectivity index (χ1n) is 7.84. The Bertz CT molecular complexity index is 950. The third-order valence-corrected chi connectivity index (χ3v) is 5.66. The Morgan fingerprint density at radius 2 is 1.96 bits per heavy atom. The number of amides is 1. The van der Waals surface area contributed by atoms with E-state index < -0.39 is 33.7 Å². The Balaban J connectivity index is 1.87. The summed E-state index contributed by atoms with van der Waals surface area (Å²) >= 11 is 0. The molecule has 3 rings (SSSR count). The van der Waals surface area contributed by atoms with Gasteiger partial charge in [-0.3, -0.25) is 9.10 Å². The van der Waals surface area contributed by atoms with Crippen LogP contribution in [0.2, 0.25) is 0 Å². The second kappa shape index (κ2) is 6.91. The normalized spacial score (nSPS) is 16.6. The van der Waals surface area contributed by atoms with Gasteiger partial charge in [0.1, 0.15) is 5.75 Å². The van der Waals surface area contributed by atoms with Crippen molar-refractivity contribution in [3.05, 3.63) is 54.1 Å². The van der Waals surface area contributed by atoms with E-state index in [2.05, 4.69) is 5.32 Å². The monoisotopic (exact) mass is 382 g/mol. The molecule has 0 unspecified atom stereocenters. The number of nitrogens with zero attached hydrogens (tertiary/aromatic N) is 1. The molecule has 0 saturated heterocycles. The molecule has 2 aromatic carbocycles. The first-order chi connectivity index (χ1) is 12.3. The lowest BCUT2D eigenvalue weighted by Gasteiger charge is -2.34. The number of para-hydroxylation sites is 2. The standard InChI is InChI=1S/C17H16F2N2O4S/c1-2-26(23,24)21-10-16(25-15-6-4-3-5-14(15)21)17(22)20-11-7-8-12(18)13(19)9-11/h3-9,16H,2,10H2,1H3,(H,20,22)/t16-/m1/s1. The van der Waals surface area contributed by atoms with Gasteiger partial charge < -0.3 is 10.1 Å². The minimum absolute atomic E-state index is 0.0428. The zero-order valence-corrected chi connectivity index (χ0v) is 14.6. The molecule has 0 fully saturated rings. The van der Waals surface area contributed by atoms with Crippen LogP contribution in [0.15, 0.2) is 42.5 Å². The van der Waals surface area contributed by atoms with E-state index in [-0.39, 0.29) is 23.7 Å². The van der Waals surface area contributed by atoms with Gasteiger partial charge in [0.05, 0.1) is 18.0 Å². The number of hydrogen-bond acceptors (Lipinski definition) is 4. The molecule has 9 heteroatoms. The third kappa shape index (κ3) is 3.48. The highest BCUT2D eigenvalue weighted by atomic mass is 32.2. The molecule has 1 aliphatic heterocycles. The predicted octanol–water partition coefficient (Wildman–Crippen LogP) is 2.52. The third-order valence-electron chi connectivity index (χ3n) is 3.91. The number of rotatable bonds is 4. The van der Waals surface area contributed by atoms with Crippen LogP contribution in [0.25, 0.3) is 0 Å². The fourth-order valence-electron chi connectivity index (χ4n) is 2.55. The van der Waals surface area contributed by atoms with Gasteiger partial charge in [0.25, 0.3) is 5.91 Å². The highest BCUT2D eigenvalue weighted by Gasteiger charge is 2.35. The van der Waals surface area contributed by atoms with Crippen molar-refractivity contribution >= 4 is 27.3 Å². The Morgan fingerprint density at radius 1 is 1.23 bits per heavy atom. The van der Waals surface area contributed by atoms with E-state index in [1.54, 1.807) is 24.3 Å². The molecule has 0 spiro atoms. The minimum Gasteiger partial charge on any atom is -0.476 e. The molecule has 26 heavy (non-hydrogen) atoms. The minimum atomic E-state index is -3.62. The van der Waals surface area contributed by atoms with E-state index in [9.17, 15) is 22.0 Å². The number of sulfonamides is 1. The van der Waals surface area contributed by atoms with Gasteiger partial charge in [-0.1, -0.05) is 12.1 Å². The summed E-state index contributed by atoms with van der Waals surface area (Å²) in [5, 5.41) is 2.41. The summed E-state index contributed by atoms with van der Waals surface area (Å²) < 4.78 is 57.8. The summed E-state index contributed by atoms with van der Waals surface area (Å²) in [5.74, 6) is -2.69. The smallest absolute Gasteiger partial charge is 0.267 e. The quantitative estimate of drug-likeness (QED) is 0.882. The van der Waals surface area contributed by atoms with Gasteiger partial charge in [0.15, 0.2) is 17.7 Å². The Labute approximate surface area is 149 Å². The fraction of sp³-hybridized carbons (Fsp3) is 0.235. The van der Waals surface area contributed by atoms with E-state index in [1.165, 1.54) is 13.0 Å². The number of carbonyl (C=O) groups is 1. The second-order valence-electron chi connectivity index (χ2n) is 5.62. The maximum atomic E-state index is 13.3. The van der Waals surface area contributed by atoms with Crippen LogP contribution in [0.4, 0.5) is 20.2 Å². The van der Waals surface area contributed by atoms with Crippen LogP contribution in [0, 0.1) is 11.6 Å². The summed E-state index contributed by atoms with van der Waals surface area (Å²) in [7, 11) is -3.62. The molecule has 0 aromatic heterocycles. The Hall–Kier alpha value is -2.68. The number of nitrogens with one attached hydrogen (secondary N) is 1. The van der Waals surface area contributed by atoms with Crippen molar-refractivity contribution in [3.8, 4) is 5.75 Å². The largest absolute Gasteiger partial charge is 0.476 e. The van der Waals surface area contributed by atoms with Crippen molar-refractivity contribution in [2.75, 3.05) is 21.9 Å². The van der Waals surface area contributed by atoms with Crippen LogP contribution >= 0.6 is 0 Å². The van der Waals surface area contributed by atoms with Gasteiger partial charge >= 0.3 is 0 Å². The number of halogens is 2. The molecular formula is C17H16F2N2O4S. The Kier molecular flexibility index (Phi) is 4.82. The van der Waals surface area contributed by atoms with Crippen molar-refractivity contribution in [3.63, 3.8) is 0 Å². The first kappa shape index (κ1) is 18.1. The summed E-state index contributed by atoms with van der Waals surface area (Å²) in [4.78, 5) is 12.5. The lowest BCUT2D eigenvalue weighted by atomic mass is 10.2. The molecule has 1 amide bonds. The molecule has 1 heterocycles. The number of benzene rings is 2. The number of ether oxygens (including phenoxy) is 1. The zero-order chi connectivity index (χ0) is 18.9. The van der Waals surface area contributed by atoms with Gasteiger partial charge in [-0.05, 0) is 31.2 Å². The zero-order valence-electron chi connectivity index (χ0n) is 13.8. The maximum absolute atomic E-state index is 13.3. The Morgan fingerprint density at radius 3 is 2.65 bits per heavy atom. The molecule has 0 aliphatic carbocycles. The van der Waals surface area contributed by atoms with E-state index in [4.69, 9.17) is 4.74 Å². The van der Waals surface area contributed by atoms with Crippen molar-refractivity contribution in [2.24, 2.45) is 0 Å². The summed E-state index contributed by atoms with van der Waals surface area (Å²) in [6, 6.07) is 9.40. The van der Waals surface area contributed by atoms with Crippen molar-refractivity contribution in [2.45, 2.75) is 13.0 Å². The average molecular weight is 382 g/mol. The fourth-order valence-corrected chi connectivity index (χ4v) is 3.68. The van der Waals surface area contributed by atoms with Crippen molar-refractivity contribution in [1.82, 2.24) is 0 Å². The first-order valence-corrected chi connectivity index (χ1v) is 9.44. The molecule has 0 saturated carbocycles. The summed E-state index contributed by atoms with van der Waals surface area (Å²) in [6.07, 6.45) is -1.14. The lowest BCUT2D eigenvalue weighted by molar-refractivity contribution is -0.122. The van der Waals surface area contributed by atoms with Gasteiger partial charge in [-0.15, -0.1) is 0 Å². The summed E-state index contributed by atoms with van der Waals surface area (Å²) in [6.45, 7) is 1.28. The molecule has 0 radical (unpaired) electrons. The molecule has 2 aromatic rings. The number of carbonyl (C=O) groups excluding carboxylic acids is 1. The molecule has 0 bridgehead atoms.